The van der Waals surface area contributed by atoms with Crippen molar-refractivity contribution in [1.29, 1.82) is 0 Å². The molecule has 1 nitrogen and oxygen atoms in total. The van der Waals surface area contributed by atoms with Crippen LogP contribution in [-0.4, -0.2) is 10.7 Å². The summed E-state index contributed by atoms with van der Waals surface area (Å²) in [7, 11) is 0. The maximum absolute atomic E-state index is 10.2. The molecule has 0 aromatic carbocycles. The first-order valence-electron chi connectivity index (χ1n) is 5.12. The van der Waals surface area contributed by atoms with Crippen molar-refractivity contribution < 1.29 is 5.11 Å². The van der Waals surface area contributed by atoms with Crippen LogP contribution >= 0.6 is 0 Å². The normalized spacial score (nSPS) is 40.3. The van der Waals surface area contributed by atoms with E-state index < -0.39 is 5.60 Å². The molecule has 0 spiro atoms. The lowest BCUT2D eigenvalue weighted by Crippen LogP contribution is -2.41. The molecule has 0 aromatic heterocycles. The standard InChI is InChI=1S/C12H20O/c1-5-11(4)6-8-12(13,9-7-11)10(2)3/h1,10,13H,6-9H2,2-4H3. The van der Waals surface area contributed by atoms with Gasteiger partial charge in [-0.05, 0) is 38.5 Å². The smallest absolute Gasteiger partial charge is 0.0671 e. The van der Waals surface area contributed by atoms with Crippen molar-refractivity contribution in [2.75, 3.05) is 0 Å². The molecular weight excluding hydrogens is 160 g/mol. The summed E-state index contributed by atoms with van der Waals surface area (Å²) in [6, 6.07) is 0. The van der Waals surface area contributed by atoms with Crippen LogP contribution in [0.25, 0.3) is 0 Å². The summed E-state index contributed by atoms with van der Waals surface area (Å²) in [6.45, 7) is 6.28. The number of rotatable bonds is 1. The van der Waals surface area contributed by atoms with Gasteiger partial charge in [0.05, 0.1) is 5.60 Å². The molecule has 1 saturated carbocycles. The number of hydrogen-bond acceptors (Lipinski definition) is 1. The fourth-order valence-corrected chi connectivity index (χ4v) is 1.96. The average molecular weight is 180 g/mol. The van der Waals surface area contributed by atoms with Crippen LogP contribution < -0.4 is 0 Å². The molecule has 1 aliphatic carbocycles. The third kappa shape index (κ3) is 2.06. The second-order valence-corrected chi connectivity index (χ2v) is 4.96. The Morgan fingerprint density at radius 3 is 2.00 bits per heavy atom. The Balaban J connectivity index is 2.63. The molecule has 74 valence electrons. The maximum atomic E-state index is 10.2. The van der Waals surface area contributed by atoms with Gasteiger partial charge in [0.1, 0.15) is 0 Å². The van der Waals surface area contributed by atoms with E-state index in [0.717, 1.165) is 25.7 Å². The SMILES string of the molecule is C#CC1(C)CCC(O)(C(C)C)CC1. The van der Waals surface area contributed by atoms with Gasteiger partial charge >= 0.3 is 0 Å². The average Bonchev–Trinajstić information content (AvgIpc) is 2.11. The molecule has 0 aromatic rings. The lowest BCUT2D eigenvalue weighted by molar-refractivity contribution is -0.0547. The Bertz CT molecular complexity index is 214. The molecule has 1 fully saturated rings. The van der Waals surface area contributed by atoms with E-state index >= 15 is 0 Å². The highest BCUT2D eigenvalue weighted by atomic mass is 16.3. The third-order valence-electron chi connectivity index (χ3n) is 3.64. The first-order valence-corrected chi connectivity index (χ1v) is 5.12. The summed E-state index contributed by atoms with van der Waals surface area (Å²) in [4.78, 5) is 0. The molecule has 0 atom stereocenters. The van der Waals surface area contributed by atoms with Crippen molar-refractivity contribution in [1.82, 2.24) is 0 Å². The van der Waals surface area contributed by atoms with E-state index in [0.29, 0.717) is 5.92 Å². The van der Waals surface area contributed by atoms with Crippen molar-refractivity contribution in [3.05, 3.63) is 0 Å². The van der Waals surface area contributed by atoms with E-state index in [2.05, 4.69) is 26.7 Å². The summed E-state index contributed by atoms with van der Waals surface area (Å²) in [6.07, 6.45) is 9.09. The monoisotopic (exact) mass is 180 g/mol. The lowest BCUT2D eigenvalue weighted by atomic mass is 9.67. The number of terminal acetylenes is 1. The van der Waals surface area contributed by atoms with Crippen molar-refractivity contribution in [2.45, 2.75) is 52.1 Å². The summed E-state index contributed by atoms with van der Waals surface area (Å²) < 4.78 is 0. The van der Waals surface area contributed by atoms with Crippen LogP contribution in [0.1, 0.15) is 46.5 Å². The van der Waals surface area contributed by atoms with Crippen molar-refractivity contribution in [2.24, 2.45) is 11.3 Å². The zero-order valence-electron chi connectivity index (χ0n) is 8.93. The van der Waals surface area contributed by atoms with Gasteiger partial charge in [-0.1, -0.05) is 13.8 Å². The molecule has 1 aliphatic rings. The highest BCUT2D eigenvalue weighted by Gasteiger charge is 2.39. The van der Waals surface area contributed by atoms with E-state index in [1.54, 1.807) is 0 Å². The largest absolute Gasteiger partial charge is 0.390 e. The van der Waals surface area contributed by atoms with E-state index in [4.69, 9.17) is 6.42 Å². The lowest BCUT2D eigenvalue weighted by Gasteiger charge is -2.42. The second-order valence-electron chi connectivity index (χ2n) is 4.96. The van der Waals surface area contributed by atoms with Crippen molar-refractivity contribution in [3.8, 4) is 12.3 Å². The second kappa shape index (κ2) is 3.35. The zero-order chi connectivity index (χ0) is 10.1. The van der Waals surface area contributed by atoms with Gasteiger partial charge in [0.25, 0.3) is 0 Å². The minimum atomic E-state index is -0.462. The fourth-order valence-electron chi connectivity index (χ4n) is 1.96. The van der Waals surface area contributed by atoms with E-state index in [1.165, 1.54) is 0 Å². The first-order chi connectivity index (χ1) is 5.92. The third-order valence-corrected chi connectivity index (χ3v) is 3.64. The minimum Gasteiger partial charge on any atom is -0.390 e. The maximum Gasteiger partial charge on any atom is 0.0671 e. The van der Waals surface area contributed by atoms with E-state index in [9.17, 15) is 5.11 Å². The zero-order valence-corrected chi connectivity index (χ0v) is 8.93. The Kier molecular flexibility index (Phi) is 2.73. The van der Waals surface area contributed by atoms with Crippen LogP contribution in [0.3, 0.4) is 0 Å². The number of hydrogen-bond donors (Lipinski definition) is 1. The van der Waals surface area contributed by atoms with E-state index in [-0.39, 0.29) is 5.41 Å². The first kappa shape index (κ1) is 10.6. The Morgan fingerprint density at radius 1 is 1.23 bits per heavy atom. The fraction of sp³-hybridized carbons (Fsp3) is 0.833. The predicted octanol–water partition coefficient (Wildman–Crippen LogP) is 2.59. The van der Waals surface area contributed by atoms with Gasteiger partial charge in [-0.2, -0.15) is 0 Å². The van der Waals surface area contributed by atoms with Crippen LogP contribution in [-0.2, 0) is 0 Å². The minimum absolute atomic E-state index is 0.0289. The highest BCUT2D eigenvalue weighted by molar-refractivity contribution is 5.07. The summed E-state index contributed by atoms with van der Waals surface area (Å²) in [5, 5.41) is 10.2. The number of aliphatic hydroxyl groups is 1. The van der Waals surface area contributed by atoms with Crippen molar-refractivity contribution >= 4 is 0 Å². The van der Waals surface area contributed by atoms with E-state index in [1.807, 2.05) is 0 Å². The molecule has 13 heavy (non-hydrogen) atoms. The molecule has 0 saturated heterocycles. The Hall–Kier alpha value is -0.480. The van der Waals surface area contributed by atoms with Gasteiger partial charge in [-0.15, -0.1) is 12.3 Å². The Labute approximate surface area is 81.5 Å². The summed E-state index contributed by atoms with van der Waals surface area (Å²) in [5.41, 5.74) is -0.433. The molecular formula is C12H20O. The van der Waals surface area contributed by atoms with Gasteiger partial charge in [-0.25, -0.2) is 0 Å². The molecule has 0 bridgehead atoms. The van der Waals surface area contributed by atoms with Gasteiger partial charge in [0, 0.05) is 5.41 Å². The van der Waals surface area contributed by atoms with Gasteiger partial charge in [-0.3, -0.25) is 0 Å². The molecule has 0 amide bonds. The predicted molar refractivity (Wildman–Crippen MR) is 55.2 cm³/mol. The molecule has 1 heteroatoms. The Morgan fingerprint density at radius 2 is 1.69 bits per heavy atom. The topological polar surface area (TPSA) is 20.2 Å². The molecule has 1 N–H and O–H groups in total. The summed E-state index contributed by atoms with van der Waals surface area (Å²) >= 11 is 0. The van der Waals surface area contributed by atoms with Crippen LogP contribution in [0, 0.1) is 23.7 Å². The van der Waals surface area contributed by atoms with Crippen LogP contribution in [0.4, 0.5) is 0 Å². The highest BCUT2D eigenvalue weighted by Crippen LogP contribution is 2.43. The molecule has 1 rings (SSSR count). The van der Waals surface area contributed by atoms with Crippen LogP contribution in [0.5, 0.6) is 0 Å². The van der Waals surface area contributed by atoms with Crippen LogP contribution in [0.2, 0.25) is 0 Å². The molecule has 0 radical (unpaired) electrons. The van der Waals surface area contributed by atoms with Gasteiger partial charge in [0.15, 0.2) is 0 Å². The van der Waals surface area contributed by atoms with Gasteiger partial charge in [0.2, 0.25) is 0 Å². The summed E-state index contributed by atoms with van der Waals surface area (Å²) in [5.74, 6) is 3.19. The molecule has 0 unspecified atom stereocenters. The van der Waals surface area contributed by atoms with Gasteiger partial charge < -0.3 is 5.11 Å². The molecule has 0 heterocycles. The quantitative estimate of drug-likeness (QED) is 0.615. The van der Waals surface area contributed by atoms with Crippen LogP contribution in [0.15, 0.2) is 0 Å². The molecule has 0 aliphatic heterocycles. The van der Waals surface area contributed by atoms with Crippen molar-refractivity contribution in [3.63, 3.8) is 0 Å².